The Kier molecular flexibility index (Phi) is 9.60. The third-order valence-electron chi connectivity index (χ3n) is 2.65. The number of allylic oxidation sites excluding steroid dienone is 3. The van der Waals surface area contributed by atoms with Crippen LogP contribution in [0.2, 0.25) is 0 Å². The van der Waals surface area contributed by atoms with Crippen LogP contribution in [0.15, 0.2) is 23.8 Å². The van der Waals surface area contributed by atoms with Gasteiger partial charge in [0.2, 0.25) is 0 Å². The molecule has 0 rings (SSSR count). The zero-order chi connectivity index (χ0) is 11.5. The highest BCUT2D eigenvalue weighted by atomic mass is 16.3. The average molecular weight is 209 g/mol. The molecule has 0 amide bonds. The van der Waals surface area contributed by atoms with Crippen LogP contribution >= 0.6 is 0 Å². The number of rotatable bonds is 8. The molecule has 1 radical (unpaired) electrons. The van der Waals surface area contributed by atoms with Gasteiger partial charge in [-0.3, -0.25) is 0 Å². The highest BCUT2D eigenvalue weighted by Gasteiger charge is 1.90. The summed E-state index contributed by atoms with van der Waals surface area (Å²) in [6.07, 6.45) is 12.6. The van der Waals surface area contributed by atoms with Crippen molar-refractivity contribution in [2.24, 2.45) is 5.92 Å². The lowest BCUT2D eigenvalue weighted by Crippen LogP contribution is -1.84. The topological polar surface area (TPSA) is 19.9 Å². The van der Waals surface area contributed by atoms with Crippen molar-refractivity contribution in [2.75, 3.05) is 6.61 Å². The molecule has 15 heavy (non-hydrogen) atoms. The van der Waals surface area contributed by atoms with E-state index in [2.05, 4.69) is 32.1 Å². The molecule has 0 N–H and O–H groups in total. The van der Waals surface area contributed by atoms with E-state index >= 15 is 0 Å². The number of hydrogen-bond donors (Lipinski definition) is 0. The van der Waals surface area contributed by atoms with Gasteiger partial charge in [-0.15, -0.1) is 0 Å². The second kappa shape index (κ2) is 9.97. The summed E-state index contributed by atoms with van der Waals surface area (Å²) in [7, 11) is 0. The van der Waals surface area contributed by atoms with Crippen molar-refractivity contribution in [3.05, 3.63) is 23.8 Å². The van der Waals surface area contributed by atoms with Crippen LogP contribution < -0.4 is 0 Å². The van der Waals surface area contributed by atoms with Gasteiger partial charge in [0.15, 0.2) is 0 Å². The molecular formula is C14H25O. The van der Waals surface area contributed by atoms with Gasteiger partial charge in [0.05, 0.1) is 0 Å². The van der Waals surface area contributed by atoms with Gasteiger partial charge in [0, 0.05) is 0 Å². The Labute approximate surface area is 94.9 Å². The van der Waals surface area contributed by atoms with Gasteiger partial charge in [0.25, 0.3) is 0 Å². The van der Waals surface area contributed by atoms with E-state index in [1.807, 2.05) is 6.92 Å². The average Bonchev–Trinajstić information content (AvgIpc) is 2.26. The fourth-order valence-corrected chi connectivity index (χ4v) is 1.28. The van der Waals surface area contributed by atoms with Gasteiger partial charge in [0.1, 0.15) is 6.61 Å². The van der Waals surface area contributed by atoms with E-state index in [0.717, 1.165) is 12.0 Å². The summed E-state index contributed by atoms with van der Waals surface area (Å²) in [6, 6.07) is 0. The smallest absolute Gasteiger partial charge is 0.103 e. The van der Waals surface area contributed by atoms with E-state index in [0.29, 0.717) is 5.92 Å². The highest BCUT2D eigenvalue weighted by molar-refractivity contribution is 4.97. The Balaban J connectivity index is 3.36. The third-order valence-corrected chi connectivity index (χ3v) is 2.65. The Morgan fingerprint density at radius 1 is 1.27 bits per heavy atom. The highest BCUT2D eigenvalue weighted by Crippen LogP contribution is 2.07. The maximum Gasteiger partial charge on any atom is 0.103 e. The molecule has 0 heterocycles. The van der Waals surface area contributed by atoms with Crippen molar-refractivity contribution in [1.82, 2.24) is 0 Å². The molecule has 0 saturated carbocycles. The molecule has 0 aromatic rings. The standard InChI is InChI=1S/C14H25O/c1-4-13(2)10-8-6-5-7-9-11-14(3)12-15/h8,10-11,13H,4-7,9,12H2,1-3H3. The van der Waals surface area contributed by atoms with Gasteiger partial charge >= 0.3 is 0 Å². The first kappa shape index (κ1) is 14.4. The van der Waals surface area contributed by atoms with Crippen molar-refractivity contribution >= 4 is 0 Å². The number of unbranched alkanes of at least 4 members (excludes halogenated alkanes) is 3. The lowest BCUT2D eigenvalue weighted by Gasteiger charge is -1.99. The Morgan fingerprint density at radius 2 is 1.93 bits per heavy atom. The monoisotopic (exact) mass is 209 g/mol. The lowest BCUT2D eigenvalue weighted by atomic mass is 10.1. The normalized spacial score (nSPS) is 14.8. The van der Waals surface area contributed by atoms with Crippen LogP contribution in [0.4, 0.5) is 0 Å². The zero-order valence-corrected chi connectivity index (χ0v) is 10.5. The van der Waals surface area contributed by atoms with E-state index in [1.165, 1.54) is 25.7 Å². The minimum atomic E-state index is -0.0477. The predicted octanol–water partition coefficient (Wildman–Crippen LogP) is 4.53. The molecular weight excluding hydrogens is 184 g/mol. The summed E-state index contributed by atoms with van der Waals surface area (Å²) in [6.45, 7) is 6.33. The fourth-order valence-electron chi connectivity index (χ4n) is 1.28. The molecule has 0 aromatic carbocycles. The maximum absolute atomic E-state index is 10.4. The van der Waals surface area contributed by atoms with E-state index in [-0.39, 0.29) is 6.61 Å². The summed E-state index contributed by atoms with van der Waals surface area (Å²) in [5, 5.41) is 10.4. The van der Waals surface area contributed by atoms with Crippen LogP contribution in [-0.2, 0) is 5.11 Å². The second-order valence-electron chi connectivity index (χ2n) is 4.29. The van der Waals surface area contributed by atoms with Crippen molar-refractivity contribution in [2.45, 2.75) is 52.9 Å². The summed E-state index contributed by atoms with van der Waals surface area (Å²) < 4.78 is 0. The molecule has 1 heteroatoms. The van der Waals surface area contributed by atoms with E-state index < -0.39 is 0 Å². The molecule has 1 unspecified atom stereocenters. The van der Waals surface area contributed by atoms with Crippen molar-refractivity contribution < 1.29 is 5.11 Å². The Bertz CT molecular complexity index is 192. The van der Waals surface area contributed by atoms with Crippen LogP contribution in [0.5, 0.6) is 0 Å². The maximum atomic E-state index is 10.4. The minimum absolute atomic E-state index is 0.0477. The van der Waals surface area contributed by atoms with Gasteiger partial charge in [-0.2, -0.15) is 0 Å². The summed E-state index contributed by atoms with van der Waals surface area (Å²) in [5.74, 6) is 0.715. The molecule has 0 spiro atoms. The Morgan fingerprint density at radius 3 is 2.53 bits per heavy atom. The summed E-state index contributed by atoms with van der Waals surface area (Å²) in [4.78, 5) is 0. The van der Waals surface area contributed by atoms with Crippen molar-refractivity contribution in [3.8, 4) is 0 Å². The molecule has 1 atom stereocenters. The van der Waals surface area contributed by atoms with E-state index in [4.69, 9.17) is 0 Å². The first-order valence-corrected chi connectivity index (χ1v) is 6.11. The Hall–Kier alpha value is -0.560. The molecule has 0 aliphatic heterocycles. The van der Waals surface area contributed by atoms with Crippen LogP contribution in [0.1, 0.15) is 52.9 Å². The molecule has 1 nitrogen and oxygen atoms in total. The van der Waals surface area contributed by atoms with Gasteiger partial charge in [-0.1, -0.05) is 38.5 Å². The van der Waals surface area contributed by atoms with Gasteiger partial charge in [-0.25, -0.2) is 5.11 Å². The first-order chi connectivity index (χ1) is 7.20. The molecule has 0 bridgehead atoms. The van der Waals surface area contributed by atoms with Gasteiger partial charge in [-0.05, 0) is 44.1 Å². The molecule has 0 fully saturated rings. The first-order valence-electron chi connectivity index (χ1n) is 6.11. The van der Waals surface area contributed by atoms with E-state index in [9.17, 15) is 5.11 Å². The fraction of sp³-hybridized carbons (Fsp3) is 0.714. The number of hydrogen-bond acceptors (Lipinski definition) is 0. The molecule has 87 valence electrons. The zero-order valence-electron chi connectivity index (χ0n) is 10.5. The van der Waals surface area contributed by atoms with Crippen LogP contribution in [-0.4, -0.2) is 6.61 Å². The van der Waals surface area contributed by atoms with Gasteiger partial charge < -0.3 is 0 Å². The van der Waals surface area contributed by atoms with Crippen LogP contribution in [0.3, 0.4) is 0 Å². The molecule has 0 aliphatic rings. The van der Waals surface area contributed by atoms with Crippen LogP contribution in [0, 0.1) is 5.92 Å². The van der Waals surface area contributed by atoms with Crippen molar-refractivity contribution in [1.29, 1.82) is 0 Å². The summed E-state index contributed by atoms with van der Waals surface area (Å²) >= 11 is 0. The predicted molar refractivity (Wildman–Crippen MR) is 66.4 cm³/mol. The summed E-state index contributed by atoms with van der Waals surface area (Å²) in [5.41, 5.74) is 0.977. The largest absolute Gasteiger partial charge is 0.232 e. The minimum Gasteiger partial charge on any atom is -0.232 e. The molecule has 0 aliphatic carbocycles. The quantitative estimate of drug-likeness (QED) is 0.413. The molecule has 0 saturated heterocycles. The second-order valence-corrected chi connectivity index (χ2v) is 4.29. The van der Waals surface area contributed by atoms with Crippen molar-refractivity contribution in [3.63, 3.8) is 0 Å². The van der Waals surface area contributed by atoms with E-state index in [1.54, 1.807) is 0 Å². The third kappa shape index (κ3) is 9.74. The molecule has 0 aromatic heterocycles. The van der Waals surface area contributed by atoms with Crippen LogP contribution in [0.25, 0.3) is 0 Å². The SMILES string of the molecule is CCC(C)C=CCCCCC=C(C)C[O]. The lowest BCUT2D eigenvalue weighted by molar-refractivity contribution is 0.223.